The highest BCUT2D eigenvalue weighted by atomic mass is 79.9. The van der Waals surface area contributed by atoms with Crippen molar-refractivity contribution in [3.8, 4) is 0 Å². The number of nitrogens with zero attached hydrogens (tertiary/aromatic N) is 2. The zero-order valence-electron chi connectivity index (χ0n) is 9.56. The third kappa shape index (κ3) is 3.16. The first-order valence-corrected chi connectivity index (χ1v) is 7.11. The summed E-state index contributed by atoms with van der Waals surface area (Å²) >= 11 is 5.15. The van der Waals surface area contributed by atoms with Crippen LogP contribution in [-0.2, 0) is 13.0 Å². The number of aromatic nitrogens is 2. The highest BCUT2D eigenvalue weighted by Gasteiger charge is 2.13. The number of nitrogens with two attached hydrogens (primary N) is 1. The van der Waals surface area contributed by atoms with Gasteiger partial charge in [0.05, 0.1) is 12.2 Å². The quantitative estimate of drug-likeness (QED) is 0.658. The predicted octanol–water partition coefficient (Wildman–Crippen LogP) is 2.47. The molecule has 0 aromatic carbocycles. The fraction of sp³-hybridized carbons (Fsp3) is 0.364. The predicted molar refractivity (Wildman–Crippen MR) is 73.7 cm³/mol. The Bertz CT molecular complexity index is 479. The van der Waals surface area contributed by atoms with Gasteiger partial charge < -0.3 is 0 Å². The van der Waals surface area contributed by atoms with Crippen LogP contribution in [0.3, 0.4) is 0 Å². The summed E-state index contributed by atoms with van der Waals surface area (Å²) in [5, 5.41) is 6.33. The second-order valence-corrected chi connectivity index (χ2v) is 5.65. The SMILES string of the molecule is CCn1cc(CC(NN)c2cc(Br)cs2)cn1. The molecule has 2 rings (SSSR count). The maximum atomic E-state index is 5.62. The number of thiophene rings is 1. The molecule has 92 valence electrons. The average molecular weight is 315 g/mol. The van der Waals surface area contributed by atoms with Gasteiger partial charge in [0.2, 0.25) is 0 Å². The molecule has 0 saturated carbocycles. The van der Waals surface area contributed by atoms with Crippen molar-refractivity contribution >= 4 is 27.3 Å². The molecule has 1 atom stereocenters. The maximum absolute atomic E-state index is 5.62. The van der Waals surface area contributed by atoms with Crippen molar-refractivity contribution in [2.45, 2.75) is 25.9 Å². The van der Waals surface area contributed by atoms with Gasteiger partial charge >= 0.3 is 0 Å². The van der Waals surface area contributed by atoms with Crippen LogP contribution in [-0.4, -0.2) is 9.78 Å². The Morgan fingerprint density at radius 2 is 2.47 bits per heavy atom. The summed E-state index contributed by atoms with van der Waals surface area (Å²) in [5.74, 6) is 5.62. The second kappa shape index (κ2) is 5.77. The molecule has 0 bridgehead atoms. The van der Waals surface area contributed by atoms with Crippen LogP contribution in [0.2, 0.25) is 0 Å². The van der Waals surface area contributed by atoms with E-state index in [1.54, 1.807) is 11.3 Å². The Morgan fingerprint density at radius 1 is 1.65 bits per heavy atom. The minimum absolute atomic E-state index is 0.140. The Morgan fingerprint density at radius 3 is 3.00 bits per heavy atom. The summed E-state index contributed by atoms with van der Waals surface area (Å²) in [4.78, 5) is 1.23. The van der Waals surface area contributed by atoms with E-state index in [4.69, 9.17) is 5.84 Å². The van der Waals surface area contributed by atoms with E-state index in [1.165, 1.54) is 10.4 Å². The van der Waals surface area contributed by atoms with Gasteiger partial charge in [-0.25, -0.2) is 0 Å². The molecule has 6 heteroatoms. The van der Waals surface area contributed by atoms with Crippen LogP contribution in [0.5, 0.6) is 0 Å². The molecule has 17 heavy (non-hydrogen) atoms. The molecule has 0 radical (unpaired) electrons. The van der Waals surface area contributed by atoms with E-state index < -0.39 is 0 Å². The molecule has 2 aromatic rings. The third-order valence-electron chi connectivity index (χ3n) is 2.58. The van der Waals surface area contributed by atoms with Gasteiger partial charge in [0.25, 0.3) is 0 Å². The van der Waals surface area contributed by atoms with Crippen molar-refractivity contribution < 1.29 is 0 Å². The molecular weight excluding hydrogens is 300 g/mol. The fourth-order valence-corrected chi connectivity index (χ4v) is 3.18. The molecule has 3 N–H and O–H groups in total. The largest absolute Gasteiger partial charge is 0.273 e. The van der Waals surface area contributed by atoms with Crippen LogP contribution in [0.4, 0.5) is 0 Å². The normalized spacial score (nSPS) is 12.9. The summed E-state index contributed by atoms with van der Waals surface area (Å²) in [6.07, 6.45) is 4.81. The smallest absolute Gasteiger partial charge is 0.0595 e. The van der Waals surface area contributed by atoms with Gasteiger partial charge in [-0.05, 0) is 40.9 Å². The van der Waals surface area contributed by atoms with Gasteiger partial charge in [-0.1, -0.05) is 0 Å². The summed E-state index contributed by atoms with van der Waals surface area (Å²) in [5.41, 5.74) is 4.05. The third-order valence-corrected chi connectivity index (χ3v) is 4.39. The lowest BCUT2D eigenvalue weighted by Gasteiger charge is -2.12. The van der Waals surface area contributed by atoms with Crippen LogP contribution in [0.1, 0.15) is 23.4 Å². The lowest BCUT2D eigenvalue weighted by atomic mass is 10.1. The van der Waals surface area contributed by atoms with Crippen LogP contribution in [0.25, 0.3) is 0 Å². The first-order chi connectivity index (χ1) is 8.22. The van der Waals surface area contributed by atoms with Crippen molar-refractivity contribution in [1.29, 1.82) is 0 Å². The van der Waals surface area contributed by atoms with E-state index >= 15 is 0 Å². The Balaban J connectivity index is 2.09. The molecule has 0 saturated heterocycles. The molecule has 0 aliphatic rings. The van der Waals surface area contributed by atoms with Gasteiger partial charge in [0.15, 0.2) is 0 Å². The molecule has 4 nitrogen and oxygen atoms in total. The summed E-state index contributed by atoms with van der Waals surface area (Å²) in [6, 6.07) is 2.24. The number of hydrogen-bond acceptors (Lipinski definition) is 4. The van der Waals surface area contributed by atoms with Gasteiger partial charge in [-0.2, -0.15) is 5.10 Å². The van der Waals surface area contributed by atoms with Gasteiger partial charge in [-0.15, -0.1) is 11.3 Å². The van der Waals surface area contributed by atoms with E-state index in [-0.39, 0.29) is 6.04 Å². The lowest BCUT2D eigenvalue weighted by molar-refractivity contribution is 0.560. The van der Waals surface area contributed by atoms with Crippen molar-refractivity contribution in [2.24, 2.45) is 5.84 Å². The molecule has 2 aromatic heterocycles. The molecule has 1 unspecified atom stereocenters. The zero-order valence-corrected chi connectivity index (χ0v) is 12.0. The minimum Gasteiger partial charge on any atom is -0.273 e. The van der Waals surface area contributed by atoms with Crippen LogP contribution in [0.15, 0.2) is 28.3 Å². The summed E-state index contributed by atoms with van der Waals surface area (Å²) in [7, 11) is 0. The van der Waals surface area contributed by atoms with Crippen molar-refractivity contribution in [2.75, 3.05) is 0 Å². The van der Waals surface area contributed by atoms with Crippen LogP contribution < -0.4 is 11.3 Å². The van der Waals surface area contributed by atoms with Crippen molar-refractivity contribution in [3.05, 3.63) is 38.8 Å². The monoisotopic (exact) mass is 314 g/mol. The Kier molecular flexibility index (Phi) is 4.33. The number of hydrazine groups is 1. The van der Waals surface area contributed by atoms with Crippen LogP contribution >= 0.6 is 27.3 Å². The lowest BCUT2D eigenvalue weighted by Crippen LogP contribution is -2.28. The molecule has 0 aliphatic carbocycles. The first kappa shape index (κ1) is 12.8. The van der Waals surface area contributed by atoms with Gasteiger partial charge in [-0.3, -0.25) is 16.0 Å². The Labute approximate surface area is 113 Å². The van der Waals surface area contributed by atoms with Gasteiger partial charge in [0, 0.05) is 27.5 Å². The summed E-state index contributed by atoms with van der Waals surface area (Å²) < 4.78 is 3.02. The van der Waals surface area contributed by atoms with E-state index in [0.717, 1.165) is 17.4 Å². The number of aryl methyl sites for hydroxylation is 1. The molecular formula is C11H15BrN4S. The van der Waals surface area contributed by atoms with E-state index in [1.807, 2.05) is 10.9 Å². The number of rotatable bonds is 5. The number of halogens is 1. The van der Waals surface area contributed by atoms with Crippen LogP contribution in [0, 0.1) is 0 Å². The van der Waals surface area contributed by atoms with Gasteiger partial charge in [0.1, 0.15) is 0 Å². The van der Waals surface area contributed by atoms with Crippen molar-refractivity contribution in [1.82, 2.24) is 15.2 Å². The van der Waals surface area contributed by atoms with E-state index in [0.29, 0.717) is 0 Å². The molecule has 0 amide bonds. The highest BCUT2D eigenvalue weighted by molar-refractivity contribution is 9.10. The van der Waals surface area contributed by atoms with E-state index in [9.17, 15) is 0 Å². The minimum atomic E-state index is 0.140. The maximum Gasteiger partial charge on any atom is 0.0595 e. The Hall–Kier alpha value is -0.690. The second-order valence-electron chi connectivity index (χ2n) is 3.79. The average Bonchev–Trinajstić information content (AvgIpc) is 2.94. The fourth-order valence-electron chi connectivity index (χ4n) is 1.67. The molecule has 2 heterocycles. The highest BCUT2D eigenvalue weighted by Crippen LogP contribution is 2.27. The van der Waals surface area contributed by atoms with Crippen molar-refractivity contribution in [3.63, 3.8) is 0 Å². The molecule has 0 spiro atoms. The number of nitrogens with one attached hydrogen (secondary N) is 1. The summed E-state index contributed by atoms with van der Waals surface area (Å²) in [6.45, 7) is 2.97. The first-order valence-electron chi connectivity index (χ1n) is 5.44. The zero-order chi connectivity index (χ0) is 12.3. The molecule has 0 fully saturated rings. The topological polar surface area (TPSA) is 55.9 Å². The number of hydrogen-bond donors (Lipinski definition) is 2. The van der Waals surface area contributed by atoms with E-state index in [2.05, 4.69) is 51.0 Å². The standard InChI is InChI=1S/C11H15BrN4S/c1-2-16-6-8(5-14-16)3-10(15-13)11-4-9(12)7-17-11/h4-7,10,15H,2-3,13H2,1H3. The molecule has 0 aliphatic heterocycles.